The predicted molar refractivity (Wildman–Crippen MR) is 67.4 cm³/mol. The molecule has 2 aromatic rings. The van der Waals surface area contributed by atoms with E-state index in [4.69, 9.17) is 12.6 Å². The van der Waals surface area contributed by atoms with E-state index in [0.717, 1.165) is 0 Å². The minimum absolute atomic E-state index is 0.303. The van der Waals surface area contributed by atoms with E-state index in [2.05, 4.69) is 16.7 Å². The van der Waals surface area contributed by atoms with Crippen LogP contribution >= 0.6 is 0 Å². The van der Waals surface area contributed by atoms with Gasteiger partial charge in [-0.3, -0.25) is 0 Å². The first-order chi connectivity index (χ1) is 8.61. The van der Waals surface area contributed by atoms with Crippen molar-refractivity contribution in [2.24, 2.45) is 0 Å². The first-order valence-corrected chi connectivity index (χ1v) is 5.41. The Hall–Kier alpha value is -2.11. The molecule has 0 aliphatic heterocycles. The molecule has 4 nitrogen and oxygen atoms in total. The fourth-order valence-electron chi connectivity index (χ4n) is 1.49. The van der Waals surface area contributed by atoms with Crippen molar-refractivity contribution >= 4 is 19.2 Å². The molecule has 0 aromatic carbocycles. The third kappa shape index (κ3) is 2.42. The van der Waals surface area contributed by atoms with E-state index < -0.39 is 5.95 Å². The van der Waals surface area contributed by atoms with Crippen LogP contribution in [0.5, 0.6) is 0 Å². The van der Waals surface area contributed by atoms with Crippen LogP contribution in [0.25, 0.3) is 11.4 Å². The standard InChI is InChI=1S/C12H11BFN3O/c1-3-18-8(2)10-7-17(16-12(10)13)9-4-5-11(14)15-6-9/h4-7H,2-3H2,1H3. The van der Waals surface area contributed by atoms with Crippen molar-refractivity contribution in [1.82, 2.24) is 14.8 Å². The number of halogens is 1. The molecule has 2 radical (unpaired) electrons. The lowest BCUT2D eigenvalue weighted by molar-refractivity contribution is 0.299. The molecule has 0 fully saturated rings. The van der Waals surface area contributed by atoms with Gasteiger partial charge in [-0.2, -0.15) is 9.49 Å². The minimum Gasteiger partial charge on any atom is -0.494 e. The summed E-state index contributed by atoms with van der Waals surface area (Å²) < 4.78 is 19.5. The first kappa shape index (κ1) is 12.4. The summed E-state index contributed by atoms with van der Waals surface area (Å²) in [5.74, 6) is -0.0888. The molecule has 0 aliphatic rings. The van der Waals surface area contributed by atoms with Crippen LogP contribution in [0.1, 0.15) is 12.5 Å². The van der Waals surface area contributed by atoms with Crippen molar-refractivity contribution < 1.29 is 9.13 Å². The van der Waals surface area contributed by atoms with Gasteiger partial charge >= 0.3 is 0 Å². The van der Waals surface area contributed by atoms with Crippen LogP contribution in [0.4, 0.5) is 4.39 Å². The Bertz CT molecular complexity index is 565. The van der Waals surface area contributed by atoms with Gasteiger partial charge in [-0.05, 0) is 19.1 Å². The maximum absolute atomic E-state index is 12.7. The average molecular weight is 243 g/mol. The Balaban J connectivity index is 2.34. The van der Waals surface area contributed by atoms with Gasteiger partial charge in [0, 0.05) is 17.4 Å². The summed E-state index contributed by atoms with van der Waals surface area (Å²) in [4.78, 5) is 3.55. The number of nitrogens with zero attached hydrogens (tertiary/aromatic N) is 3. The summed E-state index contributed by atoms with van der Waals surface area (Å²) in [5.41, 5.74) is 1.53. The van der Waals surface area contributed by atoms with E-state index in [9.17, 15) is 4.39 Å². The smallest absolute Gasteiger partial charge is 0.212 e. The zero-order valence-electron chi connectivity index (χ0n) is 9.93. The van der Waals surface area contributed by atoms with Crippen LogP contribution in [-0.2, 0) is 4.74 Å². The highest BCUT2D eigenvalue weighted by Gasteiger charge is 2.09. The molecule has 0 aliphatic carbocycles. The van der Waals surface area contributed by atoms with Crippen molar-refractivity contribution in [3.63, 3.8) is 0 Å². The molecule has 6 heteroatoms. The quantitative estimate of drug-likeness (QED) is 0.460. The summed E-state index contributed by atoms with van der Waals surface area (Å²) in [7, 11) is 5.77. The SMILES string of the molecule is [B]c1nn(-c2ccc(F)nc2)cc1C(=C)OCC. The molecular weight excluding hydrogens is 232 g/mol. The van der Waals surface area contributed by atoms with Crippen molar-refractivity contribution in [2.45, 2.75) is 6.92 Å². The van der Waals surface area contributed by atoms with Gasteiger partial charge in [0.1, 0.15) is 13.6 Å². The van der Waals surface area contributed by atoms with Gasteiger partial charge in [-0.25, -0.2) is 9.67 Å². The second-order valence-corrected chi connectivity index (χ2v) is 3.57. The number of pyridine rings is 1. The largest absolute Gasteiger partial charge is 0.494 e. The lowest BCUT2D eigenvalue weighted by Crippen LogP contribution is -2.11. The Morgan fingerprint density at radius 3 is 2.94 bits per heavy atom. The molecule has 2 rings (SSSR count). The first-order valence-electron chi connectivity index (χ1n) is 5.41. The molecule has 2 heterocycles. The Labute approximate surface area is 106 Å². The van der Waals surface area contributed by atoms with Gasteiger partial charge in [0.15, 0.2) is 0 Å². The van der Waals surface area contributed by atoms with Gasteiger partial charge in [-0.1, -0.05) is 6.58 Å². The highest BCUT2D eigenvalue weighted by atomic mass is 19.1. The van der Waals surface area contributed by atoms with E-state index in [0.29, 0.717) is 29.2 Å². The zero-order valence-corrected chi connectivity index (χ0v) is 9.93. The molecule has 18 heavy (non-hydrogen) atoms. The van der Waals surface area contributed by atoms with Crippen LogP contribution in [0.2, 0.25) is 0 Å². The number of hydrogen-bond acceptors (Lipinski definition) is 3. The summed E-state index contributed by atoms with van der Waals surface area (Å²) in [6.45, 7) is 6.12. The fourth-order valence-corrected chi connectivity index (χ4v) is 1.49. The maximum atomic E-state index is 12.7. The molecule has 90 valence electrons. The van der Waals surface area contributed by atoms with Crippen molar-refractivity contribution in [2.75, 3.05) is 6.61 Å². The lowest BCUT2D eigenvalue weighted by atomic mass is 9.99. The van der Waals surface area contributed by atoms with E-state index in [1.807, 2.05) is 6.92 Å². The summed E-state index contributed by atoms with van der Waals surface area (Å²) in [6, 6.07) is 2.81. The van der Waals surface area contributed by atoms with Crippen LogP contribution in [0.3, 0.4) is 0 Å². The number of aromatic nitrogens is 3. The molecule has 0 saturated carbocycles. The second-order valence-electron chi connectivity index (χ2n) is 3.57. The van der Waals surface area contributed by atoms with Crippen LogP contribution in [0, 0.1) is 5.95 Å². The second kappa shape index (κ2) is 5.04. The zero-order chi connectivity index (χ0) is 13.1. The van der Waals surface area contributed by atoms with Crippen LogP contribution < -0.4 is 5.59 Å². The van der Waals surface area contributed by atoms with E-state index in [-0.39, 0.29) is 0 Å². The van der Waals surface area contributed by atoms with Gasteiger partial charge in [0.05, 0.1) is 18.5 Å². The summed E-state index contributed by atoms with van der Waals surface area (Å²) in [5, 5.41) is 4.11. The monoisotopic (exact) mass is 243 g/mol. The maximum Gasteiger partial charge on any atom is 0.212 e. The third-order valence-corrected chi connectivity index (χ3v) is 2.34. The highest BCUT2D eigenvalue weighted by Crippen LogP contribution is 2.13. The number of rotatable bonds is 4. The van der Waals surface area contributed by atoms with Crippen molar-refractivity contribution in [1.29, 1.82) is 0 Å². The number of ether oxygens (including phenoxy) is 1. The highest BCUT2D eigenvalue weighted by molar-refractivity contribution is 6.32. The lowest BCUT2D eigenvalue weighted by Gasteiger charge is -2.04. The predicted octanol–water partition coefficient (Wildman–Crippen LogP) is 1.21. The van der Waals surface area contributed by atoms with Gasteiger partial charge in [-0.15, -0.1) is 0 Å². The molecule has 0 unspecified atom stereocenters. The topological polar surface area (TPSA) is 39.9 Å². The third-order valence-electron chi connectivity index (χ3n) is 2.34. The van der Waals surface area contributed by atoms with E-state index in [1.165, 1.54) is 16.9 Å². The average Bonchev–Trinajstić information content (AvgIpc) is 2.72. The van der Waals surface area contributed by atoms with Crippen LogP contribution in [-0.4, -0.2) is 29.2 Å². The van der Waals surface area contributed by atoms with Gasteiger partial charge < -0.3 is 4.74 Å². The molecule has 0 saturated heterocycles. The van der Waals surface area contributed by atoms with Gasteiger partial charge in [0.25, 0.3) is 0 Å². The van der Waals surface area contributed by atoms with Crippen molar-refractivity contribution in [3.05, 3.63) is 42.6 Å². The van der Waals surface area contributed by atoms with Crippen LogP contribution in [0.15, 0.2) is 31.1 Å². The molecule has 0 spiro atoms. The minimum atomic E-state index is -0.544. The van der Waals surface area contributed by atoms with Crippen molar-refractivity contribution in [3.8, 4) is 5.69 Å². The molecular formula is C12H11BFN3O. The summed E-state index contributed by atoms with van der Waals surface area (Å²) >= 11 is 0. The molecule has 0 bridgehead atoms. The molecule has 0 atom stereocenters. The Morgan fingerprint density at radius 1 is 1.56 bits per heavy atom. The fraction of sp³-hybridized carbons (Fsp3) is 0.167. The Morgan fingerprint density at radius 2 is 2.33 bits per heavy atom. The molecule has 0 amide bonds. The normalized spacial score (nSPS) is 10.3. The molecule has 0 N–H and O–H groups in total. The number of hydrogen-bond donors (Lipinski definition) is 0. The van der Waals surface area contributed by atoms with Gasteiger partial charge in [0.2, 0.25) is 5.95 Å². The van der Waals surface area contributed by atoms with E-state index >= 15 is 0 Å². The summed E-state index contributed by atoms with van der Waals surface area (Å²) in [6.07, 6.45) is 3.04. The Kier molecular flexibility index (Phi) is 3.46. The molecule has 2 aromatic heterocycles. The van der Waals surface area contributed by atoms with E-state index in [1.54, 1.807) is 12.3 Å².